The van der Waals surface area contributed by atoms with Crippen LogP contribution in [0.4, 0.5) is 11.8 Å². The third kappa shape index (κ3) is 1.95. The van der Waals surface area contributed by atoms with E-state index in [4.69, 9.17) is 5.73 Å². The van der Waals surface area contributed by atoms with Crippen molar-refractivity contribution in [3.05, 3.63) is 42.2 Å². The first-order chi connectivity index (χ1) is 8.83. The lowest BCUT2D eigenvalue weighted by atomic mass is 10.2. The van der Waals surface area contributed by atoms with E-state index in [0.29, 0.717) is 18.3 Å². The summed E-state index contributed by atoms with van der Waals surface area (Å²) in [6.07, 6.45) is 3.48. The summed E-state index contributed by atoms with van der Waals surface area (Å²) >= 11 is 0. The maximum atomic E-state index is 5.70. The number of hydrogen-bond donors (Lipinski definition) is 3. The van der Waals surface area contributed by atoms with Crippen LogP contribution in [0.3, 0.4) is 0 Å². The van der Waals surface area contributed by atoms with E-state index in [1.54, 1.807) is 12.4 Å². The molecule has 6 nitrogen and oxygen atoms in total. The molecule has 0 aliphatic carbocycles. The maximum absolute atomic E-state index is 5.70. The molecule has 0 unspecified atom stereocenters. The lowest BCUT2D eigenvalue weighted by molar-refractivity contribution is 1.07. The van der Waals surface area contributed by atoms with Crippen molar-refractivity contribution in [3.8, 4) is 0 Å². The minimum absolute atomic E-state index is 0.542. The van der Waals surface area contributed by atoms with Crippen molar-refractivity contribution in [3.63, 3.8) is 0 Å². The van der Waals surface area contributed by atoms with Gasteiger partial charge in [-0.3, -0.25) is 5.10 Å². The molecular weight excluding hydrogens is 228 g/mol. The van der Waals surface area contributed by atoms with Crippen molar-refractivity contribution >= 4 is 22.7 Å². The van der Waals surface area contributed by atoms with Gasteiger partial charge in [-0.1, -0.05) is 18.2 Å². The summed E-state index contributed by atoms with van der Waals surface area (Å²) in [5.74, 6) is 1.14. The van der Waals surface area contributed by atoms with E-state index < -0.39 is 0 Å². The first-order valence-corrected chi connectivity index (χ1v) is 5.56. The van der Waals surface area contributed by atoms with Gasteiger partial charge in [-0.05, 0) is 6.07 Å². The molecule has 3 rings (SSSR count). The number of nitrogens with one attached hydrogen (secondary N) is 2. The fourth-order valence-electron chi connectivity index (χ4n) is 1.69. The van der Waals surface area contributed by atoms with Crippen LogP contribution in [0.25, 0.3) is 10.9 Å². The predicted molar refractivity (Wildman–Crippen MR) is 69.9 cm³/mol. The summed E-state index contributed by atoms with van der Waals surface area (Å²) in [7, 11) is 0. The maximum Gasteiger partial charge on any atom is 0.223 e. The lowest BCUT2D eigenvalue weighted by Gasteiger charge is -2.04. The van der Waals surface area contributed by atoms with E-state index in [1.165, 1.54) is 0 Å². The number of H-pyrrole nitrogens is 1. The summed E-state index contributed by atoms with van der Waals surface area (Å²) in [6, 6.07) is 7.85. The second-order valence-corrected chi connectivity index (χ2v) is 3.91. The van der Waals surface area contributed by atoms with E-state index in [9.17, 15) is 0 Å². The van der Waals surface area contributed by atoms with Crippen LogP contribution in [-0.2, 0) is 6.54 Å². The van der Waals surface area contributed by atoms with Crippen molar-refractivity contribution in [1.29, 1.82) is 0 Å². The Morgan fingerprint density at radius 3 is 2.94 bits per heavy atom. The van der Waals surface area contributed by atoms with Crippen LogP contribution in [0.2, 0.25) is 0 Å². The Morgan fingerprint density at radius 1 is 1.22 bits per heavy atom. The molecule has 0 aliphatic rings. The Kier molecular flexibility index (Phi) is 2.53. The van der Waals surface area contributed by atoms with Crippen LogP contribution >= 0.6 is 0 Å². The molecule has 0 fully saturated rings. The van der Waals surface area contributed by atoms with Gasteiger partial charge in [0.15, 0.2) is 0 Å². The van der Waals surface area contributed by atoms with Gasteiger partial charge in [-0.25, -0.2) is 9.97 Å². The lowest BCUT2D eigenvalue weighted by Crippen LogP contribution is -2.04. The number of rotatable bonds is 3. The van der Waals surface area contributed by atoms with E-state index >= 15 is 0 Å². The van der Waals surface area contributed by atoms with E-state index in [-0.39, 0.29) is 0 Å². The highest BCUT2D eigenvalue weighted by Gasteiger charge is 2.03. The third-order valence-corrected chi connectivity index (χ3v) is 2.68. The molecule has 0 amide bonds. The fraction of sp³-hybridized carbons (Fsp3) is 0.0833. The quantitative estimate of drug-likeness (QED) is 0.646. The molecule has 18 heavy (non-hydrogen) atoms. The van der Waals surface area contributed by atoms with E-state index in [2.05, 4.69) is 25.5 Å². The average molecular weight is 240 g/mol. The summed E-state index contributed by atoms with van der Waals surface area (Å²) in [5, 5.41) is 10.7. The number of nitrogens with zero attached hydrogens (tertiary/aromatic N) is 3. The van der Waals surface area contributed by atoms with Crippen LogP contribution in [0, 0.1) is 0 Å². The number of anilines is 2. The topological polar surface area (TPSA) is 92.5 Å². The van der Waals surface area contributed by atoms with Crippen LogP contribution in [-0.4, -0.2) is 20.2 Å². The van der Waals surface area contributed by atoms with Crippen molar-refractivity contribution in [1.82, 2.24) is 20.2 Å². The molecule has 3 aromatic rings. The first-order valence-electron chi connectivity index (χ1n) is 5.56. The zero-order valence-electron chi connectivity index (χ0n) is 9.59. The summed E-state index contributed by atoms with van der Waals surface area (Å²) in [6.45, 7) is 0.542. The molecule has 0 aliphatic heterocycles. The van der Waals surface area contributed by atoms with Crippen LogP contribution in [0.15, 0.2) is 36.7 Å². The molecule has 2 heterocycles. The Balaban J connectivity index is 1.81. The highest BCUT2D eigenvalue weighted by Crippen LogP contribution is 2.13. The SMILES string of the molecule is Nc1[nH]ncc1CNc1ncc2ccccc2n1. The van der Waals surface area contributed by atoms with E-state index in [1.807, 2.05) is 24.3 Å². The summed E-state index contributed by atoms with van der Waals surface area (Å²) in [5.41, 5.74) is 7.50. The molecule has 1 aromatic carbocycles. The minimum atomic E-state index is 0.542. The van der Waals surface area contributed by atoms with Gasteiger partial charge in [0.05, 0.1) is 11.7 Å². The number of aromatic nitrogens is 4. The Bertz CT molecular complexity index is 675. The van der Waals surface area contributed by atoms with Gasteiger partial charge in [0.2, 0.25) is 5.95 Å². The monoisotopic (exact) mass is 240 g/mol. The highest BCUT2D eigenvalue weighted by molar-refractivity contribution is 5.78. The molecule has 0 spiro atoms. The van der Waals surface area contributed by atoms with Gasteiger partial charge in [-0.15, -0.1) is 0 Å². The number of aromatic amines is 1. The second kappa shape index (κ2) is 4.33. The van der Waals surface area contributed by atoms with E-state index in [0.717, 1.165) is 16.5 Å². The molecule has 0 saturated heterocycles. The van der Waals surface area contributed by atoms with Crippen LogP contribution in [0.5, 0.6) is 0 Å². The van der Waals surface area contributed by atoms with Crippen molar-refractivity contribution < 1.29 is 0 Å². The molecule has 90 valence electrons. The Hall–Kier alpha value is -2.63. The molecular formula is C12H12N6. The second-order valence-electron chi connectivity index (χ2n) is 3.91. The zero-order valence-corrected chi connectivity index (χ0v) is 9.59. The zero-order chi connectivity index (χ0) is 12.4. The normalized spacial score (nSPS) is 10.7. The standard InChI is InChI=1S/C12H12N6/c13-11-9(7-16-18-11)6-15-12-14-5-8-3-1-2-4-10(8)17-12/h1-5,7H,6H2,(H3,13,16,18)(H,14,15,17). The number of para-hydroxylation sites is 1. The number of nitrogen functional groups attached to an aromatic ring is 1. The molecule has 6 heteroatoms. The third-order valence-electron chi connectivity index (χ3n) is 2.68. The summed E-state index contributed by atoms with van der Waals surface area (Å²) < 4.78 is 0. The van der Waals surface area contributed by atoms with Crippen molar-refractivity contribution in [2.75, 3.05) is 11.1 Å². The average Bonchev–Trinajstić information content (AvgIpc) is 2.82. The minimum Gasteiger partial charge on any atom is -0.384 e. The first kappa shape index (κ1) is 10.5. The van der Waals surface area contributed by atoms with Gasteiger partial charge in [0.25, 0.3) is 0 Å². The van der Waals surface area contributed by atoms with Crippen LogP contribution < -0.4 is 11.1 Å². The molecule has 2 aromatic heterocycles. The van der Waals surface area contributed by atoms with Crippen molar-refractivity contribution in [2.24, 2.45) is 0 Å². The molecule has 0 radical (unpaired) electrons. The van der Waals surface area contributed by atoms with Gasteiger partial charge >= 0.3 is 0 Å². The molecule has 0 atom stereocenters. The number of nitrogens with two attached hydrogens (primary N) is 1. The molecule has 4 N–H and O–H groups in total. The Labute approximate surface area is 103 Å². The van der Waals surface area contributed by atoms with Gasteiger partial charge in [0, 0.05) is 23.7 Å². The molecule has 0 saturated carbocycles. The largest absolute Gasteiger partial charge is 0.384 e. The number of fused-ring (bicyclic) bond motifs is 1. The predicted octanol–water partition coefficient (Wildman–Crippen LogP) is 1.55. The van der Waals surface area contributed by atoms with Gasteiger partial charge < -0.3 is 11.1 Å². The Morgan fingerprint density at radius 2 is 2.11 bits per heavy atom. The van der Waals surface area contributed by atoms with Gasteiger partial charge in [-0.2, -0.15) is 5.10 Å². The van der Waals surface area contributed by atoms with Crippen molar-refractivity contribution in [2.45, 2.75) is 6.54 Å². The number of hydrogen-bond acceptors (Lipinski definition) is 5. The summed E-state index contributed by atoms with van der Waals surface area (Å²) in [4.78, 5) is 8.65. The highest BCUT2D eigenvalue weighted by atomic mass is 15.2. The van der Waals surface area contributed by atoms with Crippen LogP contribution in [0.1, 0.15) is 5.56 Å². The smallest absolute Gasteiger partial charge is 0.223 e. The fourth-order valence-corrected chi connectivity index (χ4v) is 1.69. The molecule has 0 bridgehead atoms. The number of benzene rings is 1. The van der Waals surface area contributed by atoms with Gasteiger partial charge in [0.1, 0.15) is 5.82 Å².